The molecule has 3 aromatic heterocycles. The number of hydrazone groups is 1. The molecule has 1 amide bonds. The molecule has 1 atom stereocenters. The zero-order valence-electron chi connectivity index (χ0n) is 18.4. The van der Waals surface area contributed by atoms with E-state index in [0.29, 0.717) is 23.1 Å². The summed E-state index contributed by atoms with van der Waals surface area (Å²) >= 11 is 1.31. The Morgan fingerprint density at radius 1 is 1.21 bits per heavy atom. The predicted molar refractivity (Wildman–Crippen MR) is 123 cm³/mol. The zero-order chi connectivity index (χ0) is 22.9. The van der Waals surface area contributed by atoms with Crippen molar-refractivity contribution in [3.63, 3.8) is 0 Å². The van der Waals surface area contributed by atoms with Crippen molar-refractivity contribution in [1.29, 1.82) is 0 Å². The first-order valence-corrected chi connectivity index (χ1v) is 11.4. The number of fused-ring (bicyclic) bond motifs is 1. The number of aromatic nitrogens is 4. The Hall–Kier alpha value is -3.66. The lowest BCUT2D eigenvalue weighted by Crippen LogP contribution is -2.28. The molecule has 10 heteroatoms. The van der Waals surface area contributed by atoms with Crippen LogP contribution in [0.25, 0.3) is 5.78 Å². The molecule has 0 aliphatic carbocycles. The number of hydrogen-bond donors (Lipinski definition) is 0. The quantitative estimate of drug-likeness (QED) is 0.402. The van der Waals surface area contributed by atoms with Crippen molar-refractivity contribution in [2.75, 3.05) is 12.9 Å². The van der Waals surface area contributed by atoms with Gasteiger partial charge in [-0.2, -0.15) is 5.10 Å². The van der Waals surface area contributed by atoms with Gasteiger partial charge in [0.1, 0.15) is 17.6 Å². The van der Waals surface area contributed by atoms with Gasteiger partial charge in [0.2, 0.25) is 0 Å². The molecule has 0 saturated carbocycles. The van der Waals surface area contributed by atoms with Crippen LogP contribution in [0, 0.1) is 13.8 Å². The van der Waals surface area contributed by atoms with Crippen molar-refractivity contribution in [3.05, 3.63) is 71.4 Å². The molecule has 4 heterocycles. The number of benzene rings is 1. The van der Waals surface area contributed by atoms with Gasteiger partial charge in [0.05, 0.1) is 24.8 Å². The largest absolute Gasteiger partial charge is 0.497 e. The third-order valence-corrected chi connectivity index (χ3v) is 6.36. The molecular weight excluding hydrogens is 440 g/mol. The van der Waals surface area contributed by atoms with Crippen LogP contribution in [0.3, 0.4) is 0 Å². The van der Waals surface area contributed by atoms with E-state index >= 15 is 0 Å². The minimum absolute atomic E-state index is 0.139. The molecule has 0 saturated heterocycles. The van der Waals surface area contributed by atoms with Gasteiger partial charge in [0.25, 0.3) is 11.7 Å². The molecule has 1 aliphatic heterocycles. The number of carbonyl (C=O) groups excluding carboxylic acids is 1. The van der Waals surface area contributed by atoms with Crippen molar-refractivity contribution >= 4 is 29.2 Å². The van der Waals surface area contributed by atoms with E-state index in [9.17, 15) is 4.79 Å². The van der Waals surface area contributed by atoms with Gasteiger partial charge in [-0.25, -0.2) is 9.99 Å². The Morgan fingerprint density at radius 2 is 2.03 bits per heavy atom. The molecule has 168 valence electrons. The van der Waals surface area contributed by atoms with Crippen LogP contribution in [-0.4, -0.2) is 49.1 Å². The average Bonchev–Trinajstić information content (AvgIpc) is 3.56. The SMILES string of the molecule is COc1ccc(C2=NN(C(=O)CSc3nnc4nc(C)cc(C)n34)[C@@H](c3ccco3)C2)cc1. The maximum Gasteiger partial charge on any atom is 0.256 e. The first-order valence-electron chi connectivity index (χ1n) is 10.4. The Balaban J connectivity index is 1.39. The standard InChI is InChI=1S/C23H22N6O3S/c1-14-11-15(2)28-22(24-14)25-26-23(28)33-13-21(30)29-19(20-5-4-10-32-20)12-18(27-29)16-6-8-17(31-3)9-7-16/h4-11,19H,12-13H2,1-3H3/t19-/m1/s1. The van der Waals surface area contributed by atoms with Crippen LogP contribution in [0.4, 0.5) is 0 Å². The second-order valence-corrected chi connectivity index (χ2v) is 8.64. The zero-order valence-corrected chi connectivity index (χ0v) is 19.2. The van der Waals surface area contributed by atoms with Gasteiger partial charge in [-0.15, -0.1) is 10.2 Å². The number of carbonyl (C=O) groups is 1. The van der Waals surface area contributed by atoms with Crippen LogP contribution in [0.1, 0.15) is 35.2 Å². The normalized spacial score (nSPS) is 15.8. The van der Waals surface area contributed by atoms with E-state index in [1.165, 1.54) is 16.8 Å². The fourth-order valence-electron chi connectivity index (χ4n) is 3.89. The molecular formula is C23H22N6O3S. The van der Waals surface area contributed by atoms with Crippen molar-refractivity contribution < 1.29 is 13.9 Å². The summed E-state index contributed by atoms with van der Waals surface area (Å²) in [5.74, 6) is 2.01. The Morgan fingerprint density at radius 3 is 2.76 bits per heavy atom. The molecule has 0 radical (unpaired) electrons. The maximum absolute atomic E-state index is 13.3. The summed E-state index contributed by atoms with van der Waals surface area (Å²) in [6, 6.07) is 13.0. The van der Waals surface area contributed by atoms with Crippen molar-refractivity contribution in [1.82, 2.24) is 24.6 Å². The molecule has 4 aromatic rings. The lowest BCUT2D eigenvalue weighted by Gasteiger charge is -2.19. The van der Waals surface area contributed by atoms with Crippen LogP contribution in [0.2, 0.25) is 0 Å². The van der Waals surface area contributed by atoms with Crippen LogP contribution < -0.4 is 4.74 Å². The second kappa shape index (κ2) is 8.70. The van der Waals surface area contributed by atoms with Crippen LogP contribution in [0.15, 0.2) is 63.4 Å². The Bertz CT molecular complexity index is 1330. The minimum atomic E-state index is -0.300. The molecule has 0 bridgehead atoms. The van der Waals surface area contributed by atoms with E-state index in [0.717, 1.165) is 28.4 Å². The van der Waals surface area contributed by atoms with Gasteiger partial charge in [0.15, 0.2) is 5.16 Å². The first kappa shape index (κ1) is 21.2. The molecule has 9 nitrogen and oxygen atoms in total. The highest BCUT2D eigenvalue weighted by Crippen LogP contribution is 2.34. The average molecular weight is 463 g/mol. The number of ether oxygens (including phenoxy) is 1. The topological polar surface area (TPSA) is 98.1 Å². The van der Waals surface area contributed by atoms with Gasteiger partial charge in [0, 0.05) is 17.8 Å². The second-order valence-electron chi connectivity index (χ2n) is 7.69. The highest BCUT2D eigenvalue weighted by atomic mass is 32.2. The summed E-state index contributed by atoms with van der Waals surface area (Å²) in [7, 11) is 1.63. The van der Waals surface area contributed by atoms with Crippen LogP contribution in [0.5, 0.6) is 5.75 Å². The number of rotatable bonds is 6. The van der Waals surface area contributed by atoms with E-state index in [1.807, 2.05) is 60.7 Å². The van der Waals surface area contributed by atoms with E-state index < -0.39 is 0 Å². The molecule has 5 rings (SSSR count). The molecule has 33 heavy (non-hydrogen) atoms. The number of furan rings is 1. The van der Waals surface area contributed by atoms with E-state index in [1.54, 1.807) is 13.4 Å². The van der Waals surface area contributed by atoms with Gasteiger partial charge >= 0.3 is 0 Å². The molecule has 0 N–H and O–H groups in total. The summed E-state index contributed by atoms with van der Waals surface area (Å²) in [4.78, 5) is 17.7. The predicted octanol–water partition coefficient (Wildman–Crippen LogP) is 3.81. The summed E-state index contributed by atoms with van der Waals surface area (Å²) in [5, 5.41) is 15.2. The summed E-state index contributed by atoms with van der Waals surface area (Å²) in [5.41, 5.74) is 3.60. The third-order valence-electron chi connectivity index (χ3n) is 5.45. The summed E-state index contributed by atoms with van der Waals surface area (Å²) in [6.45, 7) is 3.88. The number of amides is 1. The summed E-state index contributed by atoms with van der Waals surface area (Å²) < 4.78 is 12.7. The monoisotopic (exact) mass is 462 g/mol. The summed E-state index contributed by atoms with van der Waals surface area (Å²) in [6.07, 6.45) is 2.17. The number of nitrogens with zero attached hydrogens (tertiary/aromatic N) is 6. The molecule has 0 spiro atoms. The maximum atomic E-state index is 13.3. The van der Waals surface area contributed by atoms with E-state index in [-0.39, 0.29) is 17.7 Å². The van der Waals surface area contributed by atoms with E-state index in [4.69, 9.17) is 9.15 Å². The third kappa shape index (κ3) is 4.09. The molecule has 1 aromatic carbocycles. The van der Waals surface area contributed by atoms with Gasteiger partial charge < -0.3 is 9.15 Å². The van der Waals surface area contributed by atoms with Gasteiger partial charge in [-0.3, -0.25) is 9.20 Å². The van der Waals surface area contributed by atoms with E-state index in [2.05, 4.69) is 20.3 Å². The molecule has 0 unspecified atom stereocenters. The number of hydrogen-bond acceptors (Lipinski definition) is 8. The number of thioether (sulfide) groups is 1. The fourth-order valence-corrected chi connectivity index (χ4v) is 4.73. The Labute approximate surface area is 194 Å². The Kier molecular flexibility index (Phi) is 5.59. The van der Waals surface area contributed by atoms with Gasteiger partial charge in [-0.1, -0.05) is 11.8 Å². The lowest BCUT2D eigenvalue weighted by atomic mass is 10.0. The van der Waals surface area contributed by atoms with Crippen molar-refractivity contribution in [2.24, 2.45) is 5.10 Å². The number of methoxy groups -OCH3 is 1. The van der Waals surface area contributed by atoms with Crippen molar-refractivity contribution in [2.45, 2.75) is 31.5 Å². The molecule has 0 fully saturated rings. The first-order chi connectivity index (χ1) is 16.0. The highest BCUT2D eigenvalue weighted by molar-refractivity contribution is 7.99. The van der Waals surface area contributed by atoms with Gasteiger partial charge in [-0.05, 0) is 61.9 Å². The molecule has 1 aliphatic rings. The van der Waals surface area contributed by atoms with Crippen LogP contribution in [-0.2, 0) is 4.79 Å². The fraction of sp³-hybridized carbons (Fsp3) is 0.261. The number of aryl methyl sites for hydroxylation is 2. The van der Waals surface area contributed by atoms with Crippen molar-refractivity contribution in [3.8, 4) is 5.75 Å². The van der Waals surface area contributed by atoms with Crippen LogP contribution >= 0.6 is 11.8 Å². The smallest absolute Gasteiger partial charge is 0.256 e. The minimum Gasteiger partial charge on any atom is -0.497 e. The highest BCUT2D eigenvalue weighted by Gasteiger charge is 2.35. The lowest BCUT2D eigenvalue weighted by molar-refractivity contribution is -0.130.